The second-order valence-corrected chi connectivity index (χ2v) is 5.64. The molecule has 0 bridgehead atoms. The molecule has 0 saturated carbocycles. The minimum Gasteiger partial charge on any atom is -0.481 e. The molecule has 104 valence electrons. The normalized spacial score (nSPS) is 12.1. The van der Waals surface area contributed by atoms with Crippen molar-refractivity contribution in [3.8, 4) is 0 Å². The van der Waals surface area contributed by atoms with Gasteiger partial charge in [0, 0.05) is 6.20 Å². The molecule has 1 N–H and O–H groups in total. The van der Waals surface area contributed by atoms with Crippen LogP contribution in [0.2, 0.25) is 0 Å². The highest BCUT2D eigenvalue weighted by Crippen LogP contribution is 2.16. The summed E-state index contributed by atoms with van der Waals surface area (Å²) >= 11 is 1.95. The predicted molar refractivity (Wildman–Crippen MR) is 82.8 cm³/mol. The number of carboxylic acid groups (broad SMARTS) is 1. The van der Waals surface area contributed by atoms with Gasteiger partial charge in [-0.05, 0) is 40.6 Å². The number of hydrogen-bond donors (Lipinski definition) is 1. The molecule has 2 rings (SSSR count). The lowest BCUT2D eigenvalue weighted by molar-refractivity contribution is -0.138. The predicted octanol–water partition coefficient (Wildman–Crippen LogP) is 2.08. The first-order valence-electron chi connectivity index (χ1n) is 6.00. The van der Waals surface area contributed by atoms with Crippen LogP contribution in [-0.4, -0.2) is 20.6 Å². The Kier molecular flexibility index (Phi) is 4.53. The van der Waals surface area contributed by atoms with Crippen LogP contribution >= 0.6 is 22.6 Å². The van der Waals surface area contributed by atoms with Gasteiger partial charge in [-0.25, -0.2) is 4.98 Å². The molecule has 0 spiro atoms. The maximum atomic E-state index is 11.9. The number of aliphatic carboxylic acids is 1. The zero-order valence-corrected chi connectivity index (χ0v) is 12.9. The summed E-state index contributed by atoms with van der Waals surface area (Å²) in [5, 5.41) is 8.95. The van der Waals surface area contributed by atoms with Gasteiger partial charge in [0.2, 0.25) is 0 Å². The van der Waals surface area contributed by atoms with Crippen LogP contribution in [0.4, 0.5) is 0 Å². The third kappa shape index (κ3) is 3.24. The van der Waals surface area contributed by atoms with Crippen molar-refractivity contribution in [2.75, 3.05) is 0 Å². The van der Waals surface area contributed by atoms with Crippen molar-refractivity contribution in [1.29, 1.82) is 0 Å². The molecule has 0 saturated heterocycles. The molecule has 0 aliphatic heterocycles. The van der Waals surface area contributed by atoms with Gasteiger partial charge in [-0.3, -0.25) is 14.2 Å². The Bertz CT molecular complexity index is 680. The van der Waals surface area contributed by atoms with E-state index in [0.29, 0.717) is 10.1 Å². The molecule has 20 heavy (non-hydrogen) atoms. The zero-order chi connectivity index (χ0) is 14.7. The molecule has 1 aromatic carbocycles. The Hall–Kier alpha value is -1.70. The first-order chi connectivity index (χ1) is 9.49. The zero-order valence-electron chi connectivity index (χ0n) is 10.8. The van der Waals surface area contributed by atoms with Gasteiger partial charge in [0.1, 0.15) is 0 Å². The van der Waals surface area contributed by atoms with Crippen molar-refractivity contribution in [2.45, 2.75) is 19.4 Å². The van der Waals surface area contributed by atoms with E-state index in [2.05, 4.69) is 4.98 Å². The minimum atomic E-state index is -0.851. The van der Waals surface area contributed by atoms with Crippen molar-refractivity contribution in [3.05, 3.63) is 61.8 Å². The number of hydrogen-bond acceptors (Lipinski definition) is 3. The van der Waals surface area contributed by atoms with E-state index in [9.17, 15) is 9.59 Å². The Morgan fingerprint density at radius 1 is 1.40 bits per heavy atom. The highest BCUT2D eigenvalue weighted by atomic mass is 127. The average Bonchev–Trinajstić information content (AvgIpc) is 2.44. The number of rotatable bonds is 4. The average molecular weight is 384 g/mol. The first-order valence-corrected chi connectivity index (χ1v) is 7.08. The van der Waals surface area contributed by atoms with Crippen LogP contribution in [0.1, 0.15) is 24.0 Å². The molecular weight excluding hydrogens is 371 g/mol. The molecule has 5 nitrogen and oxygen atoms in total. The number of nitrogens with zero attached hydrogens (tertiary/aromatic N) is 2. The maximum absolute atomic E-state index is 11.9. The summed E-state index contributed by atoms with van der Waals surface area (Å²) in [6.45, 7) is 2.07. The van der Waals surface area contributed by atoms with Crippen LogP contribution in [0.3, 0.4) is 0 Å². The van der Waals surface area contributed by atoms with Crippen LogP contribution in [-0.2, 0) is 11.3 Å². The Balaban J connectivity index is 2.21. The van der Waals surface area contributed by atoms with Gasteiger partial charge in [-0.15, -0.1) is 0 Å². The summed E-state index contributed by atoms with van der Waals surface area (Å²) in [7, 11) is 0. The summed E-state index contributed by atoms with van der Waals surface area (Å²) in [6, 6.07) is 7.23. The van der Waals surface area contributed by atoms with Gasteiger partial charge in [0.25, 0.3) is 5.56 Å². The third-order valence-corrected chi connectivity index (χ3v) is 3.80. The van der Waals surface area contributed by atoms with Crippen molar-refractivity contribution in [2.24, 2.45) is 0 Å². The maximum Gasteiger partial charge on any atom is 0.310 e. The molecule has 1 unspecified atom stereocenters. The standard InChI is InChI=1S/C14H13IN2O3/c1-9(14(19)20)11-4-2-10(3-5-11)7-17-8-16-6-12(15)13(17)18/h2-6,8-9H,7H2,1H3,(H,19,20). The van der Waals surface area contributed by atoms with Crippen LogP contribution < -0.4 is 5.56 Å². The highest BCUT2D eigenvalue weighted by molar-refractivity contribution is 14.1. The molecular formula is C14H13IN2O3. The van der Waals surface area contributed by atoms with Gasteiger partial charge >= 0.3 is 5.97 Å². The van der Waals surface area contributed by atoms with E-state index in [0.717, 1.165) is 11.1 Å². The molecule has 0 amide bonds. The summed E-state index contributed by atoms with van der Waals surface area (Å²) in [4.78, 5) is 26.8. The van der Waals surface area contributed by atoms with Crippen molar-refractivity contribution in [3.63, 3.8) is 0 Å². The van der Waals surface area contributed by atoms with Gasteiger partial charge < -0.3 is 5.11 Å². The van der Waals surface area contributed by atoms with E-state index >= 15 is 0 Å². The van der Waals surface area contributed by atoms with Gasteiger partial charge in [-0.1, -0.05) is 24.3 Å². The number of halogens is 1. The van der Waals surface area contributed by atoms with E-state index in [1.807, 2.05) is 34.7 Å². The second kappa shape index (κ2) is 6.17. The fourth-order valence-corrected chi connectivity index (χ4v) is 2.26. The summed E-state index contributed by atoms with van der Waals surface area (Å²) in [5.74, 6) is -1.39. The van der Waals surface area contributed by atoms with Gasteiger partial charge in [0.05, 0.1) is 22.4 Å². The van der Waals surface area contributed by atoms with E-state index in [1.54, 1.807) is 19.1 Å². The lowest BCUT2D eigenvalue weighted by atomic mass is 10.00. The lowest BCUT2D eigenvalue weighted by Gasteiger charge is -2.09. The monoisotopic (exact) mass is 384 g/mol. The molecule has 6 heteroatoms. The highest BCUT2D eigenvalue weighted by Gasteiger charge is 2.13. The Labute approximate surface area is 129 Å². The lowest BCUT2D eigenvalue weighted by Crippen LogP contribution is -2.22. The topological polar surface area (TPSA) is 72.2 Å². The van der Waals surface area contributed by atoms with E-state index in [1.165, 1.54) is 17.1 Å². The molecule has 0 aliphatic rings. The SMILES string of the molecule is CC(C(=O)O)c1ccc(Cn2cncc(I)c2=O)cc1. The quantitative estimate of drug-likeness (QED) is 0.820. The van der Waals surface area contributed by atoms with Gasteiger partial charge in [-0.2, -0.15) is 0 Å². The van der Waals surface area contributed by atoms with Crippen molar-refractivity contribution in [1.82, 2.24) is 9.55 Å². The minimum absolute atomic E-state index is 0.0800. The van der Waals surface area contributed by atoms with Crippen LogP contribution in [0.15, 0.2) is 41.6 Å². The van der Waals surface area contributed by atoms with Crippen LogP contribution in [0.25, 0.3) is 0 Å². The number of aromatic nitrogens is 2. The molecule has 0 fully saturated rings. The van der Waals surface area contributed by atoms with Crippen molar-refractivity contribution < 1.29 is 9.90 Å². The molecule has 2 aromatic rings. The van der Waals surface area contributed by atoms with Crippen LogP contribution in [0, 0.1) is 3.57 Å². The number of carboxylic acids is 1. The Morgan fingerprint density at radius 3 is 2.65 bits per heavy atom. The number of carbonyl (C=O) groups is 1. The summed E-state index contributed by atoms with van der Waals surface area (Å²) in [6.07, 6.45) is 3.02. The largest absolute Gasteiger partial charge is 0.481 e. The smallest absolute Gasteiger partial charge is 0.310 e. The van der Waals surface area contributed by atoms with Crippen LogP contribution in [0.5, 0.6) is 0 Å². The third-order valence-electron chi connectivity index (χ3n) is 3.06. The van der Waals surface area contributed by atoms with E-state index in [-0.39, 0.29) is 5.56 Å². The molecule has 1 heterocycles. The molecule has 1 aromatic heterocycles. The fourth-order valence-electron chi connectivity index (χ4n) is 1.79. The fraction of sp³-hybridized carbons (Fsp3) is 0.214. The Morgan fingerprint density at radius 2 is 2.05 bits per heavy atom. The van der Waals surface area contributed by atoms with Gasteiger partial charge in [0.15, 0.2) is 0 Å². The first kappa shape index (κ1) is 14.7. The molecule has 0 aliphatic carbocycles. The second-order valence-electron chi connectivity index (χ2n) is 4.48. The summed E-state index contributed by atoms with van der Waals surface area (Å²) < 4.78 is 2.10. The molecule has 0 radical (unpaired) electrons. The molecule has 1 atom stereocenters. The summed E-state index contributed by atoms with van der Waals surface area (Å²) in [5.41, 5.74) is 1.59. The van der Waals surface area contributed by atoms with Crippen molar-refractivity contribution >= 4 is 28.6 Å². The van der Waals surface area contributed by atoms with E-state index < -0.39 is 11.9 Å². The number of benzene rings is 1. The van der Waals surface area contributed by atoms with E-state index in [4.69, 9.17) is 5.11 Å².